The summed E-state index contributed by atoms with van der Waals surface area (Å²) >= 11 is 0. The van der Waals surface area contributed by atoms with Crippen LogP contribution in [0.5, 0.6) is 0 Å². The number of amides is 2. The normalized spacial score (nSPS) is 12.1. The van der Waals surface area contributed by atoms with Gasteiger partial charge in [-0.25, -0.2) is 4.79 Å². The van der Waals surface area contributed by atoms with Crippen molar-refractivity contribution < 1.29 is 36.7 Å². The van der Waals surface area contributed by atoms with Gasteiger partial charge in [-0.05, 0) is 31.2 Å². The molecule has 1 aromatic carbocycles. The molecule has 0 radical (unpaired) electrons. The van der Waals surface area contributed by atoms with E-state index in [9.17, 15) is 27.6 Å². The van der Waals surface area contributed by atoms with E-state index in [1.54, 1.807) is 0 Å². The van der Waals surface area contributed by atoms with E-state index in [0.717, 1.165) is 12.1 Å². The van der Waals surface area contributed by atoms with E-state index in [-0.39, 0.29) is 5.76 Å². The van der Waals surface area contributed by atoms with Crippen LogP contribution in [0.4, 0.5) is 18.9 Å². The summed E-state index contributed by atoms with van der Waals surface area (Å²) in [6.45, 7) is 0.506. The van der Waals surface area contributed by atoms with Crippen LogP contribution in [-0.2, 0) is 20.5 Å². The first kappa shape index (κ1) is 20.0. The number of esters is 1. The Morgan fingerprint density at radius 1 is 1.15 bits per heavy atom. The highest BCUT2D eigenvalue weighted by Crippen LogP contribution is 2.34. The smallest absolute Gasteiger partial charge is 0.418 e. The fourth-order valence-corrected chi connectivity index (χ4v) is 2.02. The summed E-state index contributed by atoms with van der Waals surface area (Å²) in [5.41, 5.74) is -1.48. The van der Waals surface area contributed by atoms with Crippen molar-refractivity contribution in [1.82, 2.24) is 5.32 Å². The number of anilines is 1. The number of benzene rings is 1. The average molecular weight is 384 g/mol. The molecule has 144 valence electrons. The van der Waals surface area contributed by atoms with E-state index >= 15 is 0 Å². The zero-order valence-corrected chi connectivity index (χ0v) is 14.0. The number of carbonyl (C=O) groups excluding carboxylic acids is 3. The molecule has 0 saturated heterocycles. The fourth-order valence-electron chi connectivity index (χ4n) is 2.02. The minimum Gasteiger partial charge on any atom is -0.459 e. The van der Waals surface area contributed by atoms with E-state index in [1.807, 2.05) is 5.32 Å². The number of hydrogen-bond acceptors (Lipinski definition) is 5. The number of nitrogens with one attached hydrogen (secondary N) is 2. The van der Waals surface area contributed by atoms with Crippen LogP contribution in [0.1, 0.15) is 23.0 Å². The quantitative estimate of drug-likeness (QED) is 0.746. The van der Waals surface area contributed by atoms with Gasteiger partial charge in [0, 0.05) is 0 Å². The van der Waals surface area contributed by atoms with E-state index in [1.165, 1.54) is 37.5 Å². The SMILES string of the molecule is C[C@H](NC(=O)c1ccco1)C(=O)OCC(=O)Nc1ccccc1C(F)(F)F. The van der Waals surface area contributed by atoms with Gasteiger partial charge in [0.25, 0.3) is 11.8 Å². The minimum absolute atomic E-state index is 0.0175. The Bertz CT molecular complexity index is 818. The Labute approximate surface area is 151 Å². The molecule has 2 amide bonds. The number of para-hydroxylation sites is 1. The summed E-state index contributed by atoms with van der Waals surface area (Å²) in [4.78, 5) is 35.3. The van der Waals surface area contributed by atoms with Crippen molar-refractivity contribution in [2.45, 2.75) is 19.1 Å². The number of hydrogen-bond donors (Lipinski definition) is 2. The van der Waals surface area contributed by atoms with Crippen molar-refractivity contribution >= 4 is 23.5 Å². The van der Waals surface area contributed by atoms with Crippen molar-refractivity contribution in [3.8, 4) is 0 Å². The Hall–Kier alpha value is -3.30. The van der Waals surface area contributed by atoms with Crippen LogP contribution in [0.15, 0.2) is 47.1 Å². The molecule has 0 aliphatic heterocycles. The third kappa shape index (κ3) is 5.59. The Morgan fingerprint density at radius 2 is 1.85 bits per heavy atom. The lowest BCUT2D eigenvalue weighted by Gasteiger charge is -2.15. The van der Waals surface area contributed by atoms with Crippen LogP contribution in [-0.4, -0.2) is 30.4 Å². The lowest BCUT2D eigenvalue weighted by atomic mass is 10.1. The standard InChI is InChI=1S/C17H15F3N2O5/c1-10(21-15(24)13-7-4-8-26-13)16(25)27-9-14(23)22-12-6-3-2-5-11(12)17(18,19)20/h2-8,10H,9H2,1H3,(H,21,24)(H,22,23)/t10-/m0/s1. The topological polar surface area (TPSA) is 97.6 Å². The monoisotopic (exact) mass is 384 g/mol. The van der Waals surface area contributed by atoms with Gasteiger partial charge in [-0.2, -0.15) is 13.2 Å². The molecule has 0 aliphatic carbocycles. The van der Waals surface area contributed by atoms with Gasteiger partial charge in [-0.1, -0.05) is 12.1 Å². The second-order valence-electron chi connectivity index (χ2n) is 5.37. The highest BCUT2D eigenvalue weighted by molar-refractivity contribution is 5.96. The average Bonchev–Trinajstić information content (AvgIpc) is 3.14. The van der Waals surface area contributed by atoms with Gasteiger partial charge in [0.2, 0.25) is 0 Å². The lowest BCUT2D eigenvalue weighted by Crippen LogP contribution is -2.40. The second-order valence-corrected chi connectivity index (χ2v) is 5.37. The van der Waals surface area contributed by atoms with Gasteiger partial charge in [-0.15, -0.1) is 0 Å². The summed E-state index contributed by atoms with van der Waals surface area (Å²) in [7, 11) is 0. The molecule has 7 nitrogen and oxygen atoms in total. The molecule has 1 heterocycles. The second kappa shape index (κ2) is 8.39. The predicted octanol–water partition coefficient (Wildman–Crippen LogP) is 2.60. The molecule has 0 aliphatic rings. The third-order valence-corrected chi connectivity index (χ3v) is 3.30. The molecular weight excluding hydrogens is 369 g/mol. The maximum absolute atomic E-state index is 12.9. The first-order chi connectivity index (χ1) is 12.7. The van der Waals surface area contributed by atoms with E-state index in [4.69, 9.17) is 9.15 Å². The number of rotatable bonds is 6. The maximum atomic E-state index is 12.9. The van der Waals surface area contributed by atoms with E-state index in [2.05, 4.69) is 5.32 Å². The molecular formula is C17H15F3N2O5. The van der Waals surface area contributed by atoms with Gasteiger partial charge in [-0.3, -0.25) is 9.59 Å². The number of furan rings is 1. The Kier molecular flexibility index (Phi) is 6.22. The molecule has 2 aromatic rings. The van der Waals surface area contributed by atoms with Crippen LogP contribution in [0.3, 0.4) is 0 Å². The van der Waals surface area contributed by atoms with E-state index < -0.39 is 47.9 Å². The third-order valence-electron chi connectivity index (χ3n) is 3.30. The van der Waals surface area contributed by atoms with Gasteiger partial charge in [0.1, 0.15) is 6.04 Å². The van der Waals surface area contributed by atoms with Crippen LogP contribution in [0.25, 0.3) is 0 Å². The summed E-state index contributed by atoms with van der Waals surface area (Å²) < 4.78 is 48.2. The first-order valence-electron chi connectivity index (χ1n) is 7.65. The zero-order chi connectivity index (χ0) is 20.0. The summed E-state index contributed by atoms with van der Waals surface area (Å²) in [5.74, 6) is -2.57. The van der Waals surface area contributed by atoms with Crippen molar-refractivity contribution in [3.05, 3.63) is 54.0 Å². The number of ether oxygens (including phenoxy) is 1. The molecule has 0 unspecified atom stereocenters. The number of alkyl halides is 3. The molecule has 0 saturated carbocycles. The number of halogens is 3. The highest BCUT2D eigenvalue weighted by atomic mass is 19.4. The van der Waals surface area contributed by atoms with Crippen LogP contribution >= 0.6 is 0 Å². The summed E-state index contributed by atoms with van der Waals surface area (Å²) in [5, 5.41) is 4.33. The number of carbonyl (C=O) groups is 3. The molecule has 27 heavy (non-hydrogen) atoms. The van der Waals surface area contributed by atoms with Crippen molar-refractivity contribution in [2.24, 2.45) is 0 Å². The largest absolute Gasteiger partial charge is 0.459 e. The van der Waals surface area contributed by atoms with Crippen LogP contribution < -0.4 is 10.6 Å². The predicted molar refractivity (Wildman–Crippen MR) is 86.7 cm³/mol. The molecule has 0 fully saturated rings. The van der Waals surface area contributed by atoms with Crippen molar-refractivity contribution in [3.63, 3.8) is 0 Å². The Morgan fingerprint density at radius 3 is 2.48 bits per heavy atom. The van der Waals surface area contributed by atoms with Gasteiger partial charge in [0.05, 0.1) is 17.5 Å². The Balaban J connectivity index is 1.87. The molecule has 2 rings (SSSR count). The molecule has 0 bridgehead atoms. The fraction of sp³-hybridized carbons (Fsp3) is 0.235. The summed E-state index contributed by atoms with van der Waals surface area (Å²) in [6.07, 6.45) is -3.37. The van der Waals surface area contributed by atoms with Gasteiger partial charge >= 0.3 is 12.1 Å². The van der Waals surface area contributed by atoms with E-state index in [0.29, 0.717) is 0 Å². The van der Waals surface area contributed by atoms with Crippen LogP contribution in [0, 0.1) is 0 Å². The van der Waals surface area contributed by atoms with Crippen LogP contribution in [0.2, 0.25) is 0 Å². The minimum atomic E-state index is -4.65. The molecule has 1 atom stereocenters. The first-order valence-corrected chi connectivity index (χ1v) is 7.65. The molecule has 1 aromatic heterocycles. The molecule has 10 heteroatoms. The molecule has 0 spiro atoms. The zero-order valence-electron chi connectivity index (χ0n) is 14.0. The lowest BCUT2D eigenvalue weighted by molar-refractivity contribution is -0.149. The van der Waals surface area contributed by atoms with Crippen molar-refractivity contribution in [2.75, 3.05) is 11.9 Å². The van der Waals surface area contributed by atoms with Gasteiger partial charge in [0.15, 0.2) is 12.4 Å². The van der Waals surface area contributed by atoms with Gasteiger partial charge < -0.3 is 19.8 Å². The summed E-state index contributed by atoms with van der Waals surface area (Å²) in [6, 6.07) is 6.17. The molecule has 2 N–H and O–H groups in total. The maximum Gasteiger partial charge on any atom is 0.418 e. The highest BCUT2D eigenvalue weighted by Gasteiger charge is 2.33. The van der Waals surface area contributed by atoms with Crippen molar-refractivity contribution in [1.29, 1.82) is 0 Å².